The minimum absolute atomic E-state index is 0.172. The lowest BCUT2D eigenvalue weighted by molar-refractivity contribution is -0.111. The fraction of sp³-hybridized carbons (Fsp3) is 0.0714. The molecule has 2 nitrogen and oxygen atoms in total. The van der Waals surface area contributed by atoms with Gasteiger partial charge in [-0.3, -0.25) is 0 Å². The van der Waals surface area contributed by atoms with Crippen LogP contribution in [0.5, 0.6) is 0 Å². The van der Waals surface area contributed by atoms with Gasteiger partial charge in [-0.15, -0.1) is 0 Å². The molecule has 2 aromatic carbocycles. The van der Waals surface area contributed by atoms with E-state index in [0.717, 1.165) is 11.1 Å². The second kappa shape index (κ2) is 5.08. The molecule has 0 heterocycles. The van der Waals surface area contributed by atoms with Crippen molar-refractivity contribution in [3.05, 3.63) is 65.7 Å². The SMILES string of the molecule is [N-]=[N+]=C(c1ccc(-c2ccccc2)cc1)C(F)(F)F. The van der Waals surface area contributed by atoms with Gasteiger partial charge in [-0.05, 0) is 23.3 Å². The summed E-state index contributed by atoms with van der Waals surface area (Å²) >= 11 is 0. The lowest BCUT2D eigenvalue weighted by Gasteiger charge is -2.04. The van der Waals surface area contributed by atoms with E-state index in [2.05, 4.69) is 4.79 Å². The van der Waals surface area contributed by atoms with E-state index in [0.29, 0.717) is 0 Å². The first-order chi connectivity index (χ1) is 9.02. The van der Waals surface area contributed by atoms with E-state index in [-0.39, 0.29) is 5.56 Å². The molecular weight excluding hydrogens is 253 g/mol. The monoisotopic (exact) mass is 262 g/mol. The molecule has 0 aliphatic carbocycles. The molecule has 0 bridgehead atoms. The first kappa shape index (κ1) is 13.1. The highest BCUT2D eigenvalue weighted by Gasteiger charge is 2.45. The number of hydrogen-bond acceptors (Lipinski definition) is 0. The minimum Gasteiger partial charge on any atom is -0.361 e. The molecule has 0 aromatic heterocycles. The van der Waals surface area contributed by atoms with Gasteiger partial charge in [-0.2, -0.15) is 18.0 Å². The predicted octanol–water partition coefficient (Wildman–Crippen LogP) is 3.93. The maximum absolute atomic E-state index is 12.5. The summed E-state index contributed by atoms with van der Waals surface area (Å²) in [5, 5.41) is 0. The van der Waals surface area contributed by atoms with Gasteiger partial charge in [0.15, 0.2) is 0 Å². The summed E-state index contributed by atoms with van der Waals surface area (Å²) in [7, 11) is 0. The van der Waals surface area contributed by atoms with Gasteiger partial charge in [-0.1, -0.05) is 42.5 Å². The van der Waals surface area contributed by atoms with Crippen LogP contribution in [0.1, 0.15) is 5.56 Å². The molecule has 0 saturated carbocycles. The van der Waals surface area contributed by atoms with Gasteiger partial charge < -0.3 is 5.53 Å². The third kappa shape index (κ3) is 2.89. The smallest absolute Gasteiger partial charge is 0.361 e. The number of alkyl halides is 3. The average Bonchev–Trinajstić information content (AvgIpc) is 2.40. The van der Waals surface area contributed by atoms with E-state index >= 15 is 0 Å². The molecule has 2 aromatic rings. The first-order valence-electron chi connectivity index (χ1n) is 5.47. The largest absolute Gasteiger partial charge is 0.495 e. The van der Waals surface area contributed by atoms with Gasteiger partial charge in [0.2, 0.25) is 0 Å². The Morgan fingerprint density at radius 1 is 0.842 bits per heavy atom. The number of halogens is 3. The van der Waals surface area contributed by atoms with Gasteiger partial charge in [0, 0.05) is 0 Å². The zero-order chi connectivity index (χ0) is 13.9. The van der Waals surface area contributed by atoms with Crippen LogP contribution >= 0.6 is 0 Å². The van der Waals surface area contributed by atoms with Crippen LogP contribution in [0.25, 0.3) is 16.7 Å². The van der Waals surface area contributed by atoms with Gasteiger partial charge in [0.25, 0.3) is 0 Å². The van der Waals surface area contributed by atoms with Crippen LogP contribution in [0.3, 0.4) is 0 Å². The standard InChI is InChI=1S/C14H9F3N2/c15-14(16,17)13(19-18)12-8-6-11(7-9-12)10-4-2-1-3-5-10/h1-9H. The van der Waals surface area contributed by atoms with Crippen LogP contribution < -0.4 is 0 Å². The van der Waals surface area contributed by atoms with Crippen LogP contribution in [-0.4, -0.2) is 16.7 Å². The fourth-order valence-electron chi connectivity index (χ4n) is 1.73. The Morgan fingerprint density at radius 2 is 1.37 bits per heavy atom. The van der Waals surface area contributed by atoms with Crippen LogP contribution in [0.15, 0.2) is 54.6 Å². The Morgan fingerprint density at radius 3 is 1.84 bits per heavy atom. The molecule has 0 unspecified atom stereocenters. The van der Waals surface area contributed by atoms with Gasteiger partial charge in [0.1, 0.15) is 0 Å². The molecule has 96 valence electrons. The number of benzene rings is 2. The summed E-state index contributed by atoms with van der Waals surface area (Å²) in [6.07, 6.45) is -4.68. The molecule has 0 fully saturated rings. The molecule has 19 heavy (non-hydrogen) atoms. The first-order valence-corrected chi connectivity index (χ1v) is 5.47. The molecule has 0 spiro atoms. The summed E-state index contributed by atoms with van der Waals surface area (Å²) in [6.45, 7) is 0. The molecule has 2 rings (SSSR count). The van der Waals surface area contributed by atoms with E-state index in [1.807, 2.05) is 30.3 Å². The molecule has 0 amide bonds. The molecule has 0 saturated heterocycles. The lowest BCUT2D eigenvalue weighted by atomic mass is 10.0. The number of rotatable bonds is 2. The van der Waals surface area contributed by atoms with Gasteiger partial charge >= 0.3 is 11.9 Å². The second-order valence-electron chi connectivity index (χ2n) is 3.89. The van der Waals surface area contributed by atoms with Crippen molar-refractivity contribution in [3.63, 3.8) is 0 Å². The van der Waals surface area contributed by atoms with Gasteiger partial charge in [0.05, 0.1) is 5.56 Å². The molecule has 0 atom stereocenters. The van der Waals surface area contributed by atoms with Crippen LogP contribution in [0.2, 0.25) is 0 Å². The second-order valence-corrected chi connectivity index (χ2v) is 3.89. The Kier molecular flexibility index (Phi) is 3.49. The number of nitrogens with zero attached hydrogens (tertiary/aromatic N) is 2. The van der Waals surface area contributed by atoms with Crippen molar-refractivity contribution < 1.29 is 18.0 Å². The quantitative estimate of drug-likeness (QED) is 0.446. The Balaban J connectivity index is 2.37. The van der Waals surface area contributed by atoms with Crippen molar-refractivity contribution in [1.82, 2.24) is 0 Å². The van der Waals surface area contributed by atoms with Crippen LogP contribution in [0.4, 0.5) is 13.2 Å². The van der Waals surface area contributed by atoms with E-state index in [1.54, 1.807) is 12.1 Å². The Labute approximate surface area is 107 Å². The third-order valence-electron chi connectivity index (χ3n) is 2.63. The Bertz CT molecular complexity index is 609. The average molecular weight is 262 g/mol. The fourth-order valence-corrected chi connectivity index (χ4v) is 1.73. The topological polar surface area (TPSA) is 36.4 Å². The summed E-state index contributed by atoms with van der Waals surface area (Å²) in [5.41, 5.74) is 8.70. The highest BCUT2D eigenvalue weighted by Crippen LogP contribution is 2.24. The number of hydrogen-bond donors (Lipinski definition) is 0. The molecule has 0 aliphatic heterocycles. The highest BCUT2D eigenvalue weighted by atomic mass is 19.4. The van der Waals surface area contributed by atoms with Crippen molar-refractivity contribution in [2.45, 2.75) is 6.18 Å². The maximum atomic E-state index is 12.5. The van der Waals surface area contributed by atoms with Crippen LogP contribution in [-0.2, 0) is 0 Å². The molecule has 0 radical (unpaired) electrons. The van der Waals surface area contributed by atoms with Crippen molar-refractivity contribution >= 4 is 5.71 Å². The van der Waals surface area contributed by atoms with E-state index < -0.39 is 11.9 Å². The summed E-state index contributed by atoms with van der Waals surface area (Å²) in [6, 6.07) is 15.0. The van der Waals surface area contributed by atoms with E-state index in [9.17, 15) is 13.2 Å². The van der Waals surface area contributed by atoms with Gasteiger partial charge in [-0.25, -0.2) is 0 Å². The van der Waals surface area contributed by atoms with Crippen molar-refractivity contribution in [2.24, 2.45) is 0 Å². The van der Waals surface area contributed by atoms with E-state index in [4.69, 9.17) is 5.53 Å². The summed E-state index contributed by atoms with van der Waals surface area (Å²) in [4.78, 5) is 2.32. The Hall–Kier alpha value is -2.39. The zero-order valence-electron chi connectivity index (χ0n) is 9.72. The third-order valence-corrected chi connectivity index (χ3v) is 2.63. The minimum atomic E-state index is -4.68. The van der Waals surface area contributed by atoms with Crippen molar-refractivity contribution in [2.75, 3.05) is 0 Å². The maximum Gasteiger partial charge on any atom is 0.495 e. The van der Waals surface area contributed by atoms with Crippen molar-refractivity contribution in [3.8, 4) is 11.1 Å². The van der Waals surface area contributed by atoms with Crippen molar-refractivity contribution in [1.29, 1.82) is 0 Å². The molecule has 0 N–H and O–H groups in total. The highest BCUT2D eigenvalue weighted by molar-refractivity contribution is 6.00. The summed E-state index contributed by atoms with van der Waals surface area (Å²) < 4.78 is 37.6. The normalized spacial score (nSPS) is 10.9. The molecular formula is C14H9F3N2. The predicted molar refractivity (Wildman–Crippen MR) is 65.7 cm³/mol. The molecule has 0 aliphatic rings. The summed E-state index contributed by atoms with van der Waals surface area (Å²) in [5.74, 6) is 0. The molecule has 5 heteroatoms. The van der Waals surface area contributed by atoms with E-state index in [1.165, 1.54) is 12.1 Å². The lowest BCUT2D eigenvalue weighted by Crippen LogP contribution is -2.24. The zero-order valence-corrected chi connectivity index (χ0v) is 9.72. The van der Waals surface area contributed by atoms with Crippen LogP contribution in [0, 0.1) is 0 Å².